The van der Waals surface area contributed by atoms with Gasteiger partial charge in [-0.2, -0.15) is 0 Å². The molecule has 1 saturated heterocycles. The zero-order valence-electron chi connectivity index (χ0n) is 14.6. The maximum atomic E-state index is 12.6. The Bertz CT molecular complexity index is 848. The number of carbonyl (C=O) groups is 2. The van der Waals surface area contributed by atoms with Crippen molar-refractivity contribution < 1.29 is 9.59 Å². The maximum Gasteiger partial charge on any atom is 0.229 e. The smallest absolute Gasteiger partial charge is 0.229 e. The largest absolute Gasteiger partial charge is 0.326 e. The molecule has 3 rings (SSSR count). The van der Waals surface area contributed by atoms with Crippen LogP contribution in [-0.4, -0.2) is 18.4 Å². The SMILES string of the molecule is Cc1ccc(C)c(N2C[C@H](C(=O)Nc3ccc(Br)cc3C)CC2=O)c1. The lowest BCUT2D eigenvalue weighted by Crippen LogP contribution is -2.28. The monoisotopic (exact) mass is 400 g/mol. The summed E-state index contributed by atoms with van der Waals surface area (Å²) in [5.74, 6) is -0.441. The molecule has 0 unspecified atom stereocenters. The van der Waals surface area contributed by atoms with Crippen LogP contribution in [0.4, 0.5) is 11.4 Å². The summed E-state index contributed by atoms with van der Waals surface area (Å²) in [6, 6.07) is 11.8. The van der Waals surface area contributed by atoms with Crippen molar-refractivity contribution in [3.05, 3.63) is 57.6 Å². The van der Waals surface area contributed by atoms with Gasteiger partial charge in [-0.25, -0.2) is 0 Å². The second kappa shape index (κ2) is 7.00. The van der Waals surface area contributed by atoms with Gasteiger partial charge in [-0.15, -0.1) is 0 Å². The van der Waals surface area contributed by atoms with Crippen LogP contribution in [0.5, 0.6) is 0 Å². The molecule has 0 aliphatic carbocycles. The minimum atomic E-state index is -0.338. The molecule has 4 nitrogen and oxygen atoms in total. The van der Waals surface area contributed by atoms with Crippen LogP contribution in [-0.2, 0) is 9.59 Å². The average Bonchev–Trinajstić information content (AvgIpc) is 2.94. The highest BCUT2D eigenvalue weighted by molar-refractivity contribution is 9.10. The molecule has 130 valence electrons. The van der Waals surface area contributed by atoms with Crippen LogP contribution in [0.15, 0.2) is 40.9 Å². The first kappa shape index (κ1) is 17.7. The van der Waals surface area contributed by atoms with E-state index in [9.17, 15) is 9.59 Å². The number of aryl methyl sites for hydroxylation is 3. The summed E-state index contributed by atoms with van der Waals surface area (Å²) in [5, 5.41) is 2.96. The predicted molar refractivity (Wildman–Crippen MR) is 104 cm³/mol. The Balaban J connectivity index is 1.75. The van der Waals surface area contributed by atoms with Crippen molar-refractivity contribution in [1.82, 2.24) is 0 Å². The van der Waals surface area contributed by atoms with Crippen LogP contribution in [0.3, 0.4) is 0 Å². The third-order valence-electron chi connectivity index (χ3n) is 4.60. The van der Waals surface area contributed by atoms with E-state index in [1.165, 1.54) is 0 Å². The first-order valence-electron chi connectivity index (χ1n) is 8.30. The first-order valence-corrected chi connectivity index (χ1v) is 9.09. The Morgan fingerprint density at radius 1 is 1.12 bits per heavy atom. The Kier molecular flexibility index (Phi) is 4.95. The summed E-state index contributed by atoms with van der Waals surface area (Å²) in [6.45, 7) is 6.36. The van der Waals surface area contributed by atoms with E-state index in [0.717, 1.165) is 32.5 Å². The molecule has 0 aromatic heterocycles. The average molecular weight is 401 g/mol. The molecule has 25 heavy (non-hydrogen) atoms. The molecule has 1 aliphatic heterocycles. The molecule has 1 fully saturated rings. The number of amides is 2. The van der Waals surface area contributed by atoms with Gasteiger partial charge in [0.2, 0.25) is 11.8 Å². The first-order chi connectivity index (χ1) is 11.8. The fourth-order valence-corrected chi connectivity index (χ4v) is 3.60. The molecule has 2 aromatic carbocycles. The third-order valence-corrected chi connectivity index (χ3v) is 5.09. The Hall–Kier alpha value is -2.14. The topological polar surface area (TPSA) is 49.4 Å². The van der Waals surface area contributed by atoms with Gasteiger partial charge in [-0.3, -0.25) is 9.59 Å². The second-order valence-corrected chi connectivity index (χ2v) is 7.56. The molecule has 1 heterocycles. The van der Waals surface area contributed by atoms with Crippen molar-refractivity contribution in [2.45, 2.75) is 27.2 Å². The Labute approximate surface area is 156 Å². The number of hydrogen-bond acceptors (Lipinski definition) is 2. The van der Waals surface area contributed by atoms with Gasteiger partial charge >= 0.3 is 0 Å². The Morgan fingerprint density at radius 3 is 2.60 bits per heavy atom. The van der Waals surface area contributed by atoms with Crippen molar-refractivity contribution in [1.29, 1.82) is 0 Å². The third kappa shape index (κ3) is 3.76. The fraction of sp³-hybridized carbons (Fsp3) is 0.300. The summed E-state index contributed by atoms with van der Waals surface area (Å²) >= 11 is 3.42. The van der Waals surface area contributed by atoms with Crippen molar-refractivity contribution in [2.75, 3.05) is 16.8 Å². The standard InChI is InChI=1S/C20H21BrN2O2/c1-12-4-5-13(2)18(8-12)23-11-15(10-19(23)24)20(25)22-17-7-6-16(21)9-14(17)3/h4-9,15H,10-11H2,1-3H3,(H,22,25)/t15-/m1/s1. The zero-order chi connectivity index (χ0) is 18.1. The molecular formula is C20H21BrN2O2. The van der Waals surface area contributed by atoms with Crippen LogP contribution >= 0.6 is 15.9 Å². The highest BCUT2D eigenvalue weighted by Crippen LogP contribution is 2.30. The van der Waals surface area contributed by atoms with Crippen LogP contribution in [0.2, 0.25) is 0 Å². The molecule has 0 spiro atoms. The zero-order valence-corrected chi connectivity index (χ0v) is 16.2. The number of hydrogen-bond donors (Lipinski definition) is 1. The van der Waals surface area contributed by atoms with Gasteiger partial charge in [-0.1, -0.05) is 28.1 Å². The van der Waals surface area contributed by atoms with E-state index in [1.54, 1.807) is 4.90 Å². The summed E-state index contributed by atoms with van der Waals surface area (Å²) in [7, 11) is 0. The molecule has 2 amide bonds. The number of anilines is 2. The minimum absolute atomic E-state index is 0.00128. The van der Waals surface area contributed by atoms with Gasteiger partial charge in [0.1, 0.15) is 0 Å². The van der Waals surface area contributed by atoms with Crippen LogP contribution in [0.25, 0.3) is 0 Å². The molecule has 5 heteroatoms. The number of benzene rings is 2. The van der Waals surface area contributed by atoms with Crippen LogP contribution < -0.4 is 10.2 Å². The molecular weight excluding hydrogens is 380 g/mol. The highest BCUT2D eigenvalue weighted by atomic mass is 79.9. The fourth-order valence-electron chi connectivity index (χ4n) is 3.13. The van der Waals surface area contributed by atoms with Crippen LogP contribution in [0.1, 0.15) is 23.1 Å². The molecule has 1 N–H and O–H groups in total. The van der Waals surface area contributed by atoms with Gasteiger partial charge < -0.3 is 10.2 Å². The quantitative estimate of drug-likeness (QED) is 0.831. The van der Waals surface area contributed by atoms with Gasteiger partial charge in [0.05, 0.1) is 5.92 Å². The van der Waals surface area contributed by atoms with Gasteiger partial charge in [0.25, 0.3) is 0 Å². The number of nitrogens with one attached hydrogen (secondary N) is 1. The summed E-state index contributed by atoms with van der Waals surface area (Å²) in [5.41, 5.74) is 4.82. The second-order valence-electron chi connectivity index (χ2n) is 6.64. The highest BCUT2D eigenvalue weighted by Gasteiger charge is 2.35. The molecule has 0 radical (unpaired) electrons. The van der Waals surface area contributed by atoms with Gasteiger partial charge in [0, 0.05) is 28.8 Å². The molecule has 1 atom stereocenters. The predicted octanol–water partition coefficient (Wildman–Crippen LogP) is 4.37. The number of nitrogens with zero attached hydrogens (tertiary/aromatic N) is 1. The molecule has 0 bridgehead atoms. The summed E-state index contributed by atoms with van der Waals surface area (Å²) < 4.78 is 0.972. The van der Waals surface area contributed by atoms with Crippen molar-refractivity contribution >= 4 is 39.1 Å². The van der Waals surface area contributed by atoms with Crippen LogP contribution in [0, 0.1) is 26.7 Å². The van der Waals surface area contributed by atoms with Crippen molar-refractivity contribution in [3.63, 3.8) is 0 Å². The van der Waals surface area contributed by atoms with E-state index in [1.807, 2.05) is 57.2 Å². The van der Waals surface area contributed by atoms with E-state index in [2.05, 4.69) is 21.2 Å². The van der Waals surface area contributed by atoms with Gasteiger partial charge in [0.15, 0.2) is 0 Å². The van der Waals surface area contributed by atoms with E-state index >= 15 is 0 Å². The number of carbonyl (C=O) groups excluding carboxylic acids is 2. The lowest BCUT2D eigenvalue weighted by molar-refractivity contribution is -0.122. The number of rotatable bonds is 3. The van der Waals surface area contributed by atoms with Crippen molar-refractivity contribution in [3.8, 4) is 0 Å². The van der Waals surface area contributed by atoms with Gasteiger partial charge in [-0.05, 0) is 61.7 Å². The minimum Gasteiger partial charge on any atom is -0.326 e. The van der Waals surface area contributed by atoms with E-state index in [4.69, 9.17) is 0 Å². The van der Waals surface area contributed by atoms with E-state index < -0.39 is 0 Å². The number of halogens is 1. The maximum absolute atomic E-state index is 12.6. The lowest BCUT2D eigenvalue weighted by atomic mass is 10.1. The molecule has 1 aliphatic rings. The van der Waals surface area contributed by atoms with Crippen molar-refractivity contribution in [2.24, 2.45) is 5.92 Å². The summed E-state index contributed by atoms with van der Waals surface area (Å²) in [4.78, 5) is 26.8. The molecule has 2 aromatic rings. The lowest BCUT2D eigenvalue weighted by Gasteiger charge is -2.20. The molecule has 0 saturated carbocycles. The normalized spacial score (nSPS) is 17.0. The van der Waals surface area contributed by atoms with E-state index in [-0.39, 0.29) is 24.2 Å². The van der Waals surface area contributed by atoms with E-state index in [0.29, 0.717) is 6.54 Å². The Morgan fingerprint density at radius 2 is 1.88 bits per heavy atom. The summed E-state index contributed by atoms with van der Waals surface area (Å²) in [6.07, 6.45) is 0.245.